The standard InChI is InChI=1S/C45H25N5/c46-26-29-19-24-43-39(25-29)37-13-3-4-16-40(37)49(43)33-22-20-30(21-23-33)34-14-7-9-31(27-47)44(34)38-15-8-10-32(28-48)45(38)50-41-17-5-1-11-35(41)36-12-2-6-18-42(36)50/h1-25H. The summed E-state index contributed by atoms with van der Waals surface area (Å²) in [6, 6.07) is 57.7. The summed E-state index contributed by atoms with van der Waals surface area (Å²) in [4.78, 5) is 0. The van der Waals surface area contributed by atoms with Crippen LogP contribution in [0.2, 0.25) is 0 Å². The van der Waals surface area contributed by atoms with Crippen LogP contribution in [0.4, 0.5) is 0 Å². The summed E-state index contributed by atoms with van der Waals surface area (Å²) in [5.41, 5.74) is 10.9. The summed E-state index contributed by atoms with van der Waals surface area (Å²) in [5, 5.41) is 34.9. The van der Waals surface area contributed by atoms with E-state index in [1.807, 2.05) is 91.0 Å². The van der Waals surface area contributed by atoms with Crippen LogP contribution in [-0.2, 0) is 0 Å². The molecule has 230 valence electrons. The predicted octanol–water partition coefficient (Wildman–Crippen LogP) is 10.8. The van der Waals surface area contributed by atoms with Crippen molar-refractivity contribution in [2.24, 2.45) is 0 Å². The average Bonchev–Trinajstić information content (AvgIpc) is 3.69. The minimum atomic E-state index is 0.522. The Bertz CT molecular complexity index is 2900. The van der Waals surface area contributed by atoms with Gasteiger partial charge >= 0.3 is 0 Å². The van der Waals surface area contributed by atoms with E-state index >= 15 is 0 Å². The molecular weight excluding hydrogens is 611 g/mol. The van der Waals surface area contributed by atoms with Crippen LogP contribution in [0.3, 0.4) is 0 Å². The van der Waals surface area contributed by atoms with Crippen molar-refractivity contribution < 1.29 is 0 Å². The predicted molar refractivity (Wildman–Crippen MR) is 200 cm³/mol. The molecule has 0 saturated heterocycles. The largest absolute Gasteiger partial charge is 0.309 e. The van der Waals surface area contributed by atoms with Gasteiger partial charge in [0, 0.05) is 38.4 Å². The first kappa shape index (κ1) is 28.8. The van der Waals surface area contributed by atoms with Crippen molar-refractivity contribution in [3.05, 3.63) is 168 Å². The van der Waals surface area contributed by atoms with Gasteiger partial charge in [0.25, 0.3) is 0 Å². The number of rotatable bonds is 4. The molecule has 0 aliphatic rings. The lowest BCUT2D eigenvalue weighted by Crippen LogP contribution is -2.02. The van der Waals surface area contributed by atoms with Crippen LogP contribution in [0.15, 0.2) is 152 Å². The molecule has 0 bridgehead atoms. The Morgan fingerprint density at radius 2 is 0.940 bits per heavy atom. The lowest BCUT2D eigenvalue weighted by atomic mass is 9.88. The molecule has 2 heterocycles. The Balaban J connectivity index is 1.27. The smallest absolute Gasteiger partial charge is 0.101 e. The molecule has 50 heavy (non-hydrogen) atoms. The monoisotopic (exact) mass is 635 g/mol. The molecule has 0 amide bonds. The van der Waals surface area contributed by atoms with Gasteiger partial charge in [-0.1, -0.05) is 91.0 Å². The molecular formula is C45H25N5. The molecule has 0 spiro atoms. The number of aromatic nitrogens is 2. The zero-order valence-electron chi connectivity index (χ0n) is 26.7. The number of nitriles is 3. The second-order valence-corrected chi connectivity index (χ2v) is 12.3. The molecule has 0 radical (unpaired) electrons. The van der Waals surface area contributed by atoms with Crippen LogP contribution in [0.25, 0.3) is 77.2 Å². The topological polar surface area (TPSA) is 81.2 Å². The third kappa shape index (κ3) is 4.24. The molecule has 0 N–H and O–H groups in total. The van der Waals surface area contributed by atoms with Gasteiger partial charge in [0.1, 0.15) is 6.07 Å². The van der Waals surface area contributed by atoms with E-state index in [2.05, 4.69) is 88.0 Å². The minimum Gasteiger partial charge on any atom is -0.309 e. The van der Waals surface area contributed by atoms with Gasteiger partial charge in [-0.25, -0.2) is 0 Å². The van der Waals surface area contributed by atoms with Crippen molar-refractivity contribution in [1.82, 2.24) is 9.13 Å². The SMILES string of the molecule is N#Cc1ccc2c(c1)c1ccccc1n2-c1ccc(-c2cccc(C#N)c2-c2cccc(C#N)c2-n2c3ccccc3c3ccccc32)cc1. The first-order chi connectivity index (χ1) is 24.7. The van der Waals surface area contributed by atoms with Gasteiger partial charge in [-0.2, -0.15) is 15.8 Å². The molecule has 0 fully saturated rings. The molecule has 0 saturated carbocycles. The van der Waals surface area contributed by atoms with E-state index in [1.54, 1.807) is 0 Å². The molecule has 0 aliphatic heterocycles. The number of hydrogen-bond donors (Lipinski definition) is 0. The Labute approximate surface area is 287 Å². The van der Waals surface area contributed by atoms with Gasteiger partial charge in [-0.3, -0.25) is 0 Å². The molecule has 0 atom stereocenters. The van der Waals surface area contributed by atoms with E-state index in [0.717, 1.165) is 77.2 Å². The first-order valence-corrected chi connectivity index (χ1v) is 16.3. The van der Waals surface area contributed by atoms with Gasteiger partial charge in [0.15, 0.2) is 0 Å². The Morgan fingerprint density at radius 1 is 0.400 bits per heavy atom. The highest BCUT2D eigenvalue weighted by Gasteiger charge is 2.22. The lowest BCUT2D eigenvalue weighted by molar-refractivity contribution is 1.17. The Hall–Kier alpha value is -7.39. The number of benzene rings is 7. The van der Waals surface area contributed by atoms with Gasteiger partial charge in [-0.05, 0) is 71.8 Å². The van der Waals surface area contributed by atoms with Crippen LogP contribution < -0.4 is 0 Å². The summed E-state index contributed by atoms with van der Waals surface area (Å²) in [7, 11) is 0. The molecule has 5 heteroatoms. The quantitative estimate of drug-likeness (QED) is 0.193. The van der Waals surface area contributed by atoms with Crippen LogP contribution in [-0.4, -0.2) is 9.13 Å². The van der Waals surface area contributed by atoms with Gasteiger partial charge in [-0.15, -0.1) is 0 Å². The van der Waals surface area contributed by atoms with Crippen molar-refractivity contribution in [3.8, 4) is 51.8 Å². The Morgan fingerprint density at radius 3 is 1.56 bits per heavy atom. The van der Waals surface area contributed by atoms with Gasteiger partial charge in [0.2, 0.25) is 0 Å². The van der Waals surface area contributed by atoms with E-state index in [9.17, 15) is 15.8 Å². The Kier molecular flexibility index (Phi) is 6.56. The van der Waals surface area contributed by atoms with Crippen LogP contribution >= 0.6 is 0 Å². The van der Waals surface area contributed by atoms with E-state index < -0.39 is 0 Å². The van der Waals surface area contributed by atoms with E-state index in [1.165, 1.54) is 0 Å². The first-order valence-electron chi connectivity index (χ1n) is 16.3. The zero-order valence-corrected chi connectivity index (χ0v) is 26.7. The highest BCUT2D eigenvalue weighted by Crippen LogP contribution is 2.43. The zero-order chi connectivity index (χ0) is 33.8. The van der Waals surface area contributed by atoms with Crippen molar-refractivity contribution in [1.29, 1.82) is 15.8 Å². The maximum atomic E-state index is 10.5. The summed E-state index contributed by atoms with van der Waals surface area (Å²) >= 11 is 0. The fraction of sp³-hybridized carbons (Fsp3) is 0. The number of fused-ring (bicyclic) bond motifs is 6. The average molecular weight is 636 g/mol. The summed E-state index contributed by atoms with van der Waals surface area (Å²) in [5.74, 6) is 0. The van der Waals surface area contributed by atoms with Crippen LogP contribution in [0.1, 0.15) is 16.7 Å². The highest BCUT2D eigenvalue weighted by molar-refractivity contribution is 6.11. The summed E-state index contributed by atoms with van der Waals surface area (Å²) < 4.78 is 4.39. The van der Waals surface area contributed by atoms with Crippen molar-refractivity contribution in [2.75, 3.05) is 0 Å². The fourth-order valence-corrected chi connectivity index (χ4v) is 7.53. The molecule has 2 aromatic heterocycles. The maximum absolute atomic E-state index is 10.5. The molecule has 9 rings (SSSR count). The molecule has 9 aromatic rings. The minimum absolute atomic E-state index is 0.522. The maximum Gasteiger partial charge on any atom is 0.101 e. The van der Waals surface area contributed by atoms with E-state index in [-0.39, 0.29) is 0 Å². The normalized spacial score (nSPS) is 11.1. The van der Waals surface area contributed by atoms with Crippen molar-refractivity contribution >= 4 is 43.6 Å². The third-order valence-corrected chi connectivity index (χ3v) is 9.65. The van der Waals surface area contributed by atoms with E-state index in [0.29, 0.717) is 16.7 Å². The van der Waals surface area contributed by atoms with Gasteiger partial charge in [0.05, 0.1) is 56.6 Å². The van der Waals surface area contributed by atoms with Crippen LogP contribution in [0, 0.1) is 34.0 Å². The van der Waals surface area contributed by atoms with Gasteiger partial charge < -0.3 is 9.13 Å². The third-order valence-electron chi connectivity index (χ3n) is 9.65. The summed E-state index contributed by atoms with van der Waals surface area (Å²) in [6.45, 7) is 0. The fourth-order valence-electron chi connectivity index (χ4n) is 7.53. The molecule has 0 unspecified atom stereocenters. The molecule has 0 aliphatic carbocycles. The lowest BCUT2D eigenvalue weighted by Gasteiger charge is -2.19. The second-order valence-electron chi connectivity index (χ2n) is 12.3. The molecule has 7 aromatic carbocycles. The number of nitrogens with zero attached hydrogens (tertiary/aromatic N) is 5. The summed E-state index contributed by atoms with van der Waals surface area (Å²) in [6.07, 6.45) is 0. The van der Waals surface area contributed by atoms with Crippen LogP contribution in [0.5, 0.6) is 0 Å². The van der Waals surface area contributed by atoms with Crippen molar-refractivity contribution in [3.63, 3.8) is 0 Å². The second kappa shape index (κ2) is 11.4. The van der Waals surface area contributed by atoms with Crippen molar-refractivity contribution in [2.45, 2.75) is 0 Å². The molecule has 5 nitrogen and oxygen atoms in total. The van der Waals surface area contributed by atoms with E-state index in [4.69, 9.17) is 0 Å². The number of para-hydroxylation sites is 4. The number of hydrogen-bond acceptors (Lipinski definition) is 3. The highest BCUT2D eigenvalue weighted by atomic mass is 15.0.